The molecule has 1 amide bonds. The molecule has 7 heteroatoms. The molecule has 2 heterocycles. The van der Waals surface area contributed by atoms with Crippen molar-refractivity contribution in [2.45, 2.75) is 25.8 Å². The van der Waals surface area contributed by atoms with Crippen molar-refractivity contribution in [1.29, 1.82) is 0 Å². The molecule has 7 nitrogen and oxygen atoms in total. The highest BCUT2D eigenvalue weighted by Gasteiger charge is 2.37. The van der Waals surface area contributed by atoms with E-state index in [2.05, 4.69) is 15.5 Å². The number of rotatable bonds is 4. The Morgan fingerprint density at radius 2 is 2.25 bits per heavy atom. The average molecular weight is 275 g/mol. The summed E-state index contributed by atoms with van der Waals surface area (Å²) < 4.78 is 4.96. The molecule has 1 aliphatic rings. The minimum atomic E-state index is -1.00. The van der Waals surface area contributed by atoms with Crippen molar-refractivity contribution >= 4 is 23.0 Å². The molecule has 3 rings (SSSR count). The molecule has 1 fully saturated rings. The zero-order chi connectivity index (χ0) is 14.3. The number of carboxylic acids is 1. The number of fused-ring (bicyclic) bond motifs is 1. The molecule has 20 heavy (non-hydrogen) atoms. The van der Waals surface area contributed by atoms with Gasteiger partial charge in [0.25, 0.3) is 11.6 Å². The lowest BCUT2D eigenvalue weighted by atomic mass is 10.1. The maximum Gasteiger partial charge on any atom is 0.326 e. The van der Waals surface area contributed by atoms with Gasteiger partial charge in [0.1, 0.15) is 6.04 Å². The van der Waals surface area contributed by atoms with Gasteiger partial charge in [0, 0.05) is 6.20 Å². The highest BCUT2D eigenvalue weighted by atomic mass is 16.5. The first-order chi connectivity index (χ1) is 9.56. The van der Waals surface area contributed by atoms with Gasteiger partial charge in [0.05, 0.1) is 16.6 Å². The summed E-state index contributed by atoms with van der Waals surface area (Å²) in [6, 6.07) is 0.775. The van der Waals surface area contributed by atoms with Gasteiger partial charge in [-0.15, -0.1) is 0 Å². The van der Waals surface area contributed by atoms with Crippen molar-refractivity contribution < 1.29 is 19.2 Å². The number of carbonyl (C=O) groups excluding carboxylic acids is 1. The van der Waals surface area contributed by atoms with Crippen LogP contribution >= 0.6 is 0 Å². The van der Waals surface area contributed by atoms with Crippen molar-refractivity contribution in [2.75, 3.05) is 0 Å². The van der Waals surface area contributed by atoms with E-state index in [0.29, 0.717) is 22.4 Å². The molecule has 0 saturated heterocycles. The lowest BCUT2D eigenvalue weighted by Crippen LogP contribution is -2.42. The van der Waals surface area contributed by atoms with Gasteiger partial charge < -0.3 is 14.9 Å². The Kier molecular flexibility index (Phi) is 2.89. The van der Waals surface area contributed by atoms with Crippen molar-refractivity contribution in [3.8, 4) is 0 Å². The number of carbonyl (C=O) groups is 2. The van der Waals surface area contributed by atoms with E-state index in [1.807, 2.05) is 0 Å². The summed E-state index contributed by atoms with van der Waals surface area (Å²) in [7, 11) is 0. The summed E-state index contributed by atoms with van der Waals surface area (Å²) in [5.41, 5.74) is 1.30. The molecule has 0 spiro atoms. The van der Waals surface area contributed by atoms with Gasteiger partial charge in [0.2, 0.25) is 0 Å². The minimum Gasteiger partial charge on any atom is -0.480 e. The van der Waals surface area contributed by atoms with Crippen molar-refractivity contribution in [1.82, 2.24) is 15.5 Å². The summed E-state index contributed by atoms with van der Waals surface area (Å²) in [4.78, 5) is 27.2. The normalized spacial score (nSPS) is 16.1. The lowest BCUT2D eigenvalue weighted by Gasteiger charge is -2.13. The van der Waals surface area contributed by atoms with Crippen LogP contribution in [0.25, 0.3) is 11.1 Å². The van der Waals surface area contributed by atoms with Gasteiger partial charge in [-0.2, -0.15) is 0 Å². The average Bonchev–Trinajstić information content (AvgIpc) is 3.20. The van der Waals surface area contributed by atoms with Gasteiger partial charge in [-0.1, -0.05) is 5.16 Å². The molecule has 2 aromatic heterocycles. The summed E-state index contributed by atoms with van der Waals surface area (Å²) in [6.45, 7) is 1.75. The van der Waals surface area contributed by atoms with E-state index in [1.54, 1.807) is 13.0 Å². The quantitative estimate of drug-likeness (QED) is 0.866. The van der Waals surface area contributed by atoms with Crippen LogP contribution in [-0.4, -0.2) is 33.2 Å². The Morgan fingerprint density at radius 1 is 1.50 bits per heavy atom. The number of amides is 1. The van der Waals surface area contributed by atoms with Gasteiger partial charge in [-0.3, -0.25) is 4.79 Å². The van der Waals surface area contributed by atoms with E-state index in [4.69, 9.17) is 9.63 Å². The first-order valence-corrected chi connectivity index (χ1v) is 6.32. The molecular weight excluding hydrogens is 262 g/mol. The summed E-state index contributed by atoms with van der Waals surface area (Å²) in [5.74, 6) is -1.42. The van der Waals surface area contributed by atoms with E-state index < -0.39 is 17.9 Å². The van der Waals surface area contributed by atoms with Crippen LogP contribution in [0.2, 0.25) is 0 Å². The van der Waals surface area contributed by atoms with Crippen molar-refractivity contribution in [3.63, 3.8) is 0 Å². The predicted molar refractivity (Wildman–Crippen MR) is 68.2 cm³/mol. The number of nitrogens with zero attached hydrogens (tertiary/aromatic N) is 2. The second-order valence-corrected chi connectivity index (χ2v) is 4.97. The van der Waals surface area contributed by atoms with E-state index in [9.17, 15) is 9.59 Å². The summed E-state index contributed by atoms with van der Waals surface area (Å²) in [5, 5.41) is 16.1. The number of carboxylic acid groups (broad SMARTS) is 1. The fourth-order valence-corrected chi connectivity index (χ4v) is 2.10. The van der Waals surface area contributed by atoms with Crippen molar-refractivity contribution in [3.05, 3.63) is 23.5 Å². The highest BCUT2D eigenvalue weighted by molar-refractivity contribution is 5.98. The Labute approximate surface area is 114 Å². The van der Waals surface area contributed by atoms with Gasteiger partial charge in [-0.05, 0) is 31.7 Å². The third-order valence-corrected chi connectivity index (χ3v) is 3.42. The fourth-order valence-electron chi connectivity index (χ4n) is 2.10. The zero-order valence-corrected chi connectivity index (χ0v) is 10.8. The van der Waals surface area contributed by atoms with E-state index in [1.165, 1.54) is 6.20 Å². The second-order valence-electron chi connectivity index (χ2n) is 4.97. The summed E-state index contributed by atoms with van der Waals surface area (Å²) in [6.07, 6.45) is 3.02. The maximum absolute atomic E-state index is 12.1. The van der Waals surface area contributed by atoms with E-state index in [0.717, 1.165) is 12.8 Å². The second kappa shape index (κ2) is 4.59. The Balaban J connectivity index is 1.84. The van der Waals surface area contributed by atoms with Crippen LogP contribution in [0.1, 0.15) is 28.9 Å². The van der Waals surface area contributed by atoms with Gasteiger partial charge in [0.15, 0.2) is 0 Å². The molecule has 1 aliphatic carbocycles. The Bertz CT molecular complexity index is 690. The zero-order valence-electron chi connectivity index (χ0n) is 10.8. The number of hydrogen-bond donors (Lipinski definition) is 2. The lowest BCUT2D eigenvalue weighted by molar-refractivity contribution is -0.139. The monoisotopic (exact) mass is 275 g/mol. The number of aliphatic carboxylic acids is 1. The number of aromatic nitrogens is 2. The Morgan fingerprint density at radius 3 is 2.90 bits per heavy atom. The van der Waals surface area contributed by atoms with Crippen LogP contribution < -0.4 is 5.32 Å². The van der Waals surface area contributed by atoms with Crippen molar-refractivity contribution in [2.24, 2.45) is 5.92 Å². The molecule has 2 aromatic rings. The number of nitrogens with one attached hydrogen (secondary N) is 1. The molecular formula is C13H13N3O4. The molecule has 1 unspecified atom stereocenters. The molecule has 0 aromatic carbocycles. The molecule has 0 aliphatic heterocycles. The SMILES string of the molecule is Cc1noc2ncc(C(=O)NC(C(=O)O)C3CC3)cc12. The van der Waals surface area contributed by atoms with Crippen LogP contribution in [-0.2, 0) is 4.79 Å². The molecule has 0 radical (unpaired) electrons. The molecule has 1 saturated carbocycles. The highest BCUT2D eigenvalue weighted by Crippen LogP contribution is 2.32. The Hall–Kier alpha value is -2.44. The number of hydrogen-bond acceptors (Lipinski definition) is 5. The smallest absolute Gasteiger partial charge is 0.326 e. The first kappa shape index (κ1) is 12.6. The topological polar surface area (TPSA) is 105 Å². The molecule has 2 N–H and O–H groups in total. The first-order valence-electron chi connectivity index (χ1n) is 6.32. The van der Waals surface area contributed by atoms with E-state index in [-0.39, 0.29) is 5.92 Å². The third-order valence-electron chi connectivity index (χ3n) is 3.42. The van der Waals surface area contributed by atoms with E-state index >= 15 is 0 Å². The molecule has 0 bridgehead atoms. The van der Waals surface area contributed by atoms with Crippen LogP contribution in [0.3, 0.4) is 0 Å². The van der Waals surface area contributed by atoms with Crippen LogP contribution in [0.5, 0.6) is 0 Å². The third kappa shape index (κ3) is 2.22. The molecule has 104 valence electrons. The predicted octanol–water partition coefficient (Wildman–Crippen LogP) is 1.12. The van der Waals surface area contributed by atoms with Crippen LogP contribution in [0, 0.1) is 12.8 Å². The maximum atomic E-state index is 12.1. The summed E-state index contributed by atoms with van der Waals surface area (Å²) >= 11 is 0. The standard InChI is InChI=1S/C13H13N3O4/c1-6-9-4-8(5-14-12(9)20-16-6)11(17)15-10(13(18)19)7-2-3-7/h4-5,7,10H,2-3H2,1H3,(H,15,17)(H,18,19). The largest absolute Gasteiger partial charge is 0.480 e. The van der Waals surface area contributed by atoms with Gasteiger partial charge >= 0.3 is 5.97 Å². The number of pyridine rings is 1. The number of aryl methyl sites for hydroxylation is 1. The van der Waals surface area contributed by atoms with Crippen LogP contribution in [0.4, 0.5) is 0 Å². The minimum absolute atomic E-state index is 0.0328. The molecule has 1 atom stereocenters. The van der Waals surface area contributed by atoms with Crippen LogP contribution in [0.15, 0.2) is 16.8 Å². The van der Waals surface area contributed by atoms with Gasteiger partial charge in [-0.25, -0.2) is 9.78 Å². The fraction of sp³-hybridized carbons (Fsp3) is 0.385.